The minimum atomic E-state index is -0.718. The first kappa shape index (κ1) is 27.8. The van der Waals surface area contributed by atoms with Crippen molar-refractivity contribution in [2.75, 3.05) is 18.0 Å². The van der Waals surface area contributed by atoms with Gasteiger partial charge >= 0.3 is 0 Å². The molecule has 7 nitrogen and oxygen atoms in total. The van der Waals surface area contributed by atoms with Crippen LogP contribution in [0.4, 0.5) is 5.69 Å². The summed E-state index contributed by atoms with van der Waals surface area (Å²) < 4.78 is 0. The number of anilines is 1. The minimum absolute atomic E-state index is 0.0427. The van der Waals surface area contributed by atoms with Gasteiger partial charge in [-0.05, 0) is 62.1 Å². The number of carbonyl (C=O) groups is 3. The Morgan fingerprint density at radius 1 is 1.03 bits per heavy atom. The summed E-state index contributed by atoms with van der Waals surface area (Å²) in [5.41, 5.74) is 8.41. The third-order valence-corrected chi connectivity index (χ3v) is 8.13. The van der Waals surface area contributed by atoms with Gasteiger partial charge in [0, 0.05) is 24.8 Å². The molecule has 2 unspecified atom stereocenters. The largest absolute Gasteiger partial charge is 0.343 e. The van der Waals surface area contributed by atoms with Gasteiger partial charge in [-0.1, -0.05) is 69.3 Å². The Morgan fingerprint density at radius 2 is 1.63 bits per heavy atom. The van der Waals surface area contributed by atoms with Crippen LogP contribution in [-0.4, -0.2) is 53.8 Å². The first-order valence-corrected chi connectivity index (χ1v) is 13.7. The molecular weight excluding hydrogens is 476 g/mol. The van der Waals surface area contributed by atoms with E-state index in [1.807, 2.05) is 99.0 Å². The fourth-order valence-electron chi connectivity index (χ4n) is 5.53. The second-order valence-electron chi connectivity index (χ2n) is 12.3. The number of amides is 3. The topological polar surface area (TPSA) is 95.7 Å². The number of benzene rings is 2. The summed E-state index contributed by atoms with van der Waals surface area (Å²) in [6.45, 7) is 10.8. The van der Waals surface area contributed by atoms with Crippen LogP contribution in [0.25, 0.3) is 0 Å². The molecule has 0 saturated carbocycles. The zero-order valence-electron chi connectivity index (χ0n) is 23.4. The van der Waals surface area contributed by atoms with Crippen LogP contribution >= 0.6 is 0 Å². The molecule has 1 saturated heterocycles. The van der Waals surface area contributed by atoms with Gasteiger partial charge in [0.05, 0.1) is 11.5 Å². The summed E-state index contributed by atoms with van der Waals surface area (Å²) in [5.74, 6) is -0.268. The molecule has 2 heterocycles. The molecule has 2 aromatic carbocycles. The van der Waals surface area contributed by atoms with Crippen molar-refractivity contribution in [2.24, 2.45) is 11.1 Å². The molecule has 3 N–H and O–H groups in total. The van der Waals surface area contributed by atoms with Gasteiger partial charge < -0.3 is 20.9 Å². The van der Waals surface area contributed by atoms with E-state index in [0.717, 1.165) is 16.8 Å². The third-order valence-electron chi connectivity index (χ3n) is 8.13. The van der Waals surface area contributed by atoms with Gasteiger partial charge in [-0.2, -0.15) is 0 Å². The van der Waals surface area contributed by atoms with E-state index in [1.165, 1.54) is 0 Å². The van der Waals surface area contributed by atoms with Crippen molar-refractivity contribution >= 4 is 23.4 Å². The number of hydrogen-bond donors (Lipinski definition) is 2. The van der Waals surface area contributed by atoms with Crippen LogP contribution in [0.1, 0.15) is 65.0 Å². The first-order valence-electron chi connectivity index (χ1n) is 13.7. The van der Waals surface area contributed by atoms with E-state index < -0.39 is 22.9 Å². The van der Waals surface area contributed by atoms with Crippen LogP contribution < -0.4 is 16.0 Å². The summed E-state index contributed by atoms with van der Waals surface area (Å²) in [6.07, 6.45) is 2.57. The van der Waals surface area contributed by atoms with E-state index in [4.69, 9.17) is 5.73 Å². The van der Waals surface area contributed by atoms with Crippen molar-refractivity contribution in [3.63, 3.8) is 0 Å². The number of carbonyl (C=O) groups excluding carboxylic acids is 3. The lowest BCUT2D eigenvalue weighted by Gasteiger charge is -2.39. The lowest BCUT2D eigenvalue weighted by Crippen LogP contribution is -2.57. The molecule has 0 aliphatic carbocycles. The van der Waals surface area contributed by atoms with Gasteiger partial charge in [-0.15, -0.1) is 0 Å². The van der Waals surface area contributed by atoms with Crippen LogP contribution in [0.2, 0.25) is 0 Å². The Kier molecular flexibility index (Phi) is 7.98. The lowest BCUT2D eigenvalue weighted by atomic mass is 9.86. The number of hydrogen-bond acceptors (Lipinski definition) is 4. The smallest absolute Gasteiger partial charge is 0.245 e. The van der Waals surface area contributed by atoms with Crippen molar-refractivity contribution in [3.05, 3.63) is 65.7 Å². The molecule has 4 rings (SSSR count). The number of nitrogens with one attached hydrogen (secondary N) is 1. The molecule has 2 aromatic rings. The van der Waals surface area contributed by atoms with Crippen molar-refractivity contribution in [2.45, 2.75) is 83.8 Å². The number of para-hydroxylation sites is 1. The maximum absolute atomic E-state index is 13.7. The maximum atomic E-state index is 13.7. The molecule has 2 aliphatic rings. The van der Waals surface area contributed by atoms with Crippen LogP contribution in [0.3, 0.4) is 0 Å². The molecule has 1 fully saturated rings. The van der Waals surface area contributed by atoms with E-state index in [1.54, 1.807) is 0 Å². The SMILES string of the molecule is CC1(C)C(=O)N(C2CCN(C(=O)C(CCc3ccccc3)NC(=O)C(N)C(C)(C)C)CC2)c2ccccc21. The van der Waals surface area contributed by atoms with E-state index in [0.29, 0.717) is 38.8 Å². The Balaban J connectivity index is 1.45. The summed E-state index contributed by atoms with van der Waals surface area (Å²) in [4.78, 5) is 43.9. The molecule has 0 aromatic heterocycles. The summed E-state index contributed by atoms with van der Waals surface area (Å²) in [7, 11) is 0. The van der Waals surface area contributed by atoms with Gasteiger partial charge in [-0.3, -0.25) is 14.4 Å². The van der Waals surface area contributed by atoms with Gasteiger partial charge in [0.1, 0.15) is 6.04 Å². The Labute approximate surface area is 226 Å². The normalized spacial score (nSPS) is 19.2. The zero-order chi connectivity index (χ0) is 27.7. The van der Waals surface area contributed by atoms with E-state index >= 15 is 0 Å². The monoisotopic (exact) mass is 518 g/mol. The standard InChI is InChI=1S/C31H42N4O3/c1-30(2,3)26(32)27(36)33-24(16-15-21-11-7-6-8-12-21)28(37)34-19-17-22(18-20-34)35-25-14-10-9-13-23(25)31(4,5)29(35)38/h6-14,22,24,26H,15-20,32H2,1-5H3,(H,33,36). The van der Waals surface area contributed by atoms with Crippen molar-refractivity contribution < 1.29 is 14.4 Å². The summed E-state index contributed by atoms with van der Waals surface area (Å²) >= 11 is 0. The van der Waals surface area contributed by atoms with Crippen LogP contribution in [0, 0.1) is 5.41 Å². The van der Waals surface area contributed by atoms with Crippen molar-refractivity contribution in [1.29, 1.82) is 0 Å². The highest BCUT2D eigenvalue weighted by atomic mass is 16.2. The van der Waals surface area contributed by atoms with Gasteiger partial charge in [0.2, 0.25) is 17.7 Å². The Bertz CT molecular complexity index is 1160. The molecule has 2 aliphatic heterocycles. The Hall–Kier alpha value is -3.19. The fourth-order valence-corrected chi connectivity index (χ4v) is 5.53. The second kappa shape index (κ2) is 10.9. The number of piperidine rings is 1. The quantitative estimate of drug-likeness (QED) is 0.583. The number of likely N-dealkylation sites (tertiary alicyclic amines) is 1. The molecular formula is C31H42N4O3. The average Bonchev–Trinajstić information content (AvgIpc) is 3.10. The minimum Gasteiger partial charge on any atom is -0.343 e. The second-order valence-corrected chi connectivity index (χ2v) is 12.3. The van der Waals surface area contributed by atoms with Crippen molar-refractivity contribution in [1.82, 2.24) is 10.2 Å². The highest BCUT2D eigenvalue weighted by Gasteiger charge is 2.47. The predicted molar refractivity (Wildman–Crippen MR) is 151 cm³/mol. The molecule has 3 amide bonds. The van der Waals surface area contributed by atoms with Crippen LogP contribution in [0.5, 0.6) is 0 Å². The van der Waals surface area contributed by atoms with Gasteiger partial charge in [-0.25, -0.2) is 0 Å². The predicted octanol–water partition coefficient (Wildman–Crippen LogP) is 3.79. The van der Waals surface area contributed by atoms with Crippen LogP contribution in [-0.2, 0) is 26.2 Å². The molecule has 0 radical (unpaired) electrons. The maximum Gasteiger partial charge on any atom is 0.245 e. The molecule has 204 valence electrons. The molecule has 0 spiro atoms. The number of rotatable bonds is 7. The molecule has 7 heteroatoms. The average molecular weight is 519 g/mol. The summed E-state index contributed by atoms with van der Waals surface area (Å²) in [5, 5.41) is 2.97. The lowest BCUT2D eigenvalue weighted by molar-refractivity contribution is -0.138. The Morgan fingerprint density at radius 3 is 2.26 bits per heavy atom. The van der Waals surface area contributed by atoms with Crippen molar-refractivity contribution in [3.8, 4) is 0 Å². The van der Waals surface area contributed by atoms with E-state index in [-0.39, 0.29) is 23.8 Å². The van der Waals surface area contributed by atoms with Gasteiger partial charge in [0.25, 0.3) is 0 Å². The molecule has 38 heavy (non-hydrogen) atoms. The molecule has 0 bridgehead atoms. The summed E-state index contributed by atoms with van der Waals surface area (Å²) in [6, 6.07) is 16.7. The molecule has 2 atom stereocenters. The van der Waals surface area contributed by atoms with Crippen LogP contribution in [0.15, 0.2) is 54.6 Å². The van der Waals surface area contributed by atoms with E-state index in [2.05, 4.69) is 5.32 Å². The zero-order valence-corrected chi connectivity index (χ0v) is 23.4. The highest BCUT2D eigenvalue weighted by Crippen LogP contribution is 2.43. The number of nitrogens with zero attached hydrogens (tertiary/aromatic N) is 2. The number of aryl methyl sites for hydroxylation is 1. The van der Waals surface area contributed by atoms with E-state index in [9.17, 15) is 14.4 Å². The number of nitrogens with two attached hydrogens (primary N) is 1. The van der Waals surface area contributed by atoms with Gasteiger partial charge in [0.15, 0.2) is 0 Å². The fraction of sp³-hybridized carbons (Fsp3) is 0.516. The third kappa shape index (κ3) is 5.63. The number of fused-ring (bicyclic) bond motifs is 1. The first-order chi connectivity index (χ1) is 17.9. The highest BCUT2D eigenvalue weighted by molar-refractivity contribution is 6.08.